The van der Waals surface area contributed by atoms with Crippen LogP contribution in [0.15, 0.2) is 30.3 Å². The molecule has 0 aliphatic carbocycles. The lowest BCUT2D eigenvalue weighted by molar-refractivity contribution is 0.176. The summed E-state index contributed by atoms with van der Waals surface area (Å²) in [6, 6.07) is 9.83. The van der Waals surface area contributed by atoms with Crippen LogP contribution < -0.4 is 4.74 Å². The maximum absolute atomic E-state index is 5.61. The predicted molar refractivity (Wildman–Crippen MR) is 46.3 cm³/mol. The third-order valence-corrected chi connectivity index (χ3v) is 1.95. The van der Waals surface area contributed by atoms with Crippen molar-refractivity contribution >= 4 is 0 Å². The Morgan fingerprint density at radius 1 is 1.42 bits per heavy atom. The first-order valence-electron chi connectivity index (χ1n) is 4.19. The molecule has 1 fully saturated rings. The topological polar surface area (TPSA) is 21.8 Å². The molecule has 0 aromatic heterocycles. The first-order chi connectivity index (χ1) is 5.86. The second-order valence-electron chi connectivity index (χ2n) is 3.01. The molecule has 64 valence electrons. The zero-order chi connectivity index (χ0) is 8.39. The summed E-state index contributed by atoms with van der Waals surface area (Å²) in [5.74, 6) is 0.917. The Bertz CT molecular complexity index is 241. The average molecular weight is 164 g/mol. The maximum Gasteiger partial charge on any atom is 0.124 e. The average Bonchev–Trinajstić information content (AvgIpc) is 2.88. The second-order valence-corrected chi connectivity index (χ2v) is 3.01. The largest absolute Gasteiger partial charge is 0.488 e. The van der Waals surface area contributed by atoms with Crippen molar-refractivity contribution in [2.24, 2.45) is 0 Å². The number of rotatable bonds is 3. The van der Waals surface area contributed by atoms with Gasteiger partial charge in [-0.05, 0) is 19.1 Å². The highest BCUT2D eigenvalue weighted by atomic mass is 16.6. The molecule has 0 radical (unpaired) electrons. The lowest BCUT2D eigenvalue weighted by Gasteiger charge is -2.11. The Balaban J connectivity index is 1.94. The Kier molecular flexibility index (Phi) is 2.00. The quantitative estimate of drug-likeness (QED) is 0.636. The number of epoxide rings is 1. The highest BCUT2D eigenvalue weighted by molar-refractivity contribution is 5.21. The highest BCUT2D eigenvalue weighted by Crippen LogP contribution is 2.19. The van der Waals surface area contributed by atoms with Crippen molar-refractivity contribution in [3.63, 3.8) is 0 Å². The Hall–Kier alpha value is -1.02. The summed E-state index contributed by atoms with van der Waals surface area (Å²) in [5, 5.41) is 0. The fourth-order valence-electron chi connectivity index (χ4n) is 1.12. The van der Waals surface area contributed by atoms with Crippen LogP contribution in [-0.2, 0) is 4.74 Å². The van der Waals surface area contributed by atoms with Gasteiger partial charge in [0.1, 0.15) is 18.0 Å². The van der Waals surface area contributed by atoms with Crippen molar-refractivity contribution in [1.29, 1.82) is 0 Å². The third-order valence-electron chi connectivity index (χ3n) is 1.95. The van der Waals surface area contributed by atoms with E-state index in [9.17, 15) is 0 Å². The van der Waals surface area contributed by atoms with E-state index in [2.05, 4.69) is 0 Å². The lowest BCUT2D eigenvalue weighted by atomic mass is 10.3. The minimum Gasteiger partial charge on any atom is -0.488 e. The summed E-state index contributed by atoms with van der Waals surface area (Å²) in [4.78, 5) is 0. The minimum absolute atomic E-state index is 0.174. The summed E-state index contributed by atoms with van der Waals surface area (Å²) in [5.41, 5.74) is 0. The Morgan fingerprint density at radius 3 is 2.67 bits per heavy atom. The molecule has 2 atom stereocenters. The normalized spacial score (nSPS) is 23.2. The van der Waals surface area contributed by atoms with E-state index < -0.39 is 0 Å². The summed E-state index contributed by atoms with van der Waals surface area (Å²) in [6.45, 7) is 2.87. The molecule has 0 bridgehead atoms. The van der Waals surface area contributed by atoms with Crippen LogP contribution in [-0.4, -0.2) is 18.8 Å². The van der Waals surface area contributed by atoms with Gasteiger partial charge in [-0.1, -0.05) is 18.2 Å². The molecule has 0 saturated carbocycles. The van der Waals surface area contributed by atoms with Crippen molar-refractivity contribution in [1.82, 2.24) is 0 Å². The molecule has 1 aromatic carbocycles. The molecular weight excluding hydrogens is 152 g/mol. The zero-order valence-corrected chi connectivity index (χ0v) is 7.07. The third kappa shape index (κ3) is 1.77. The van der Waals surface area contributed by atoms with Crippen LogP contribution in [0.3, 0.4) is 0 Å². The fraction of sp³-hybridized carbons (Fsp3) is 0.400. The van der Waals surface area contributed by atoms with Gasteiger partial charge in [-0.3, -0.25) is 0 Å². The van der Waals surface area contributed by atoms with Gasteiger partial charge in [0, 0.05) is 0 Å². The molecule has 0 amide bonds. The second kappa shape index (κ2) is 3.15. The van der Waals surface area contributed by atoms with Gasteiger partial charge in [0.05, 0.1) is 6.61 Å². The van der Waals surface area contributed by atoms with Gasteiger partial charge in [0.2, 0.25) is 0 Å². The lowest BCUT2D eigenvalue weighted by Crippen LogP contribution is -2.18. The van der Waals surface area contributed by atoms with Gasteiger partial charge in [0.25, 0.3) is 0 Å². The molecule has 1 saturated heterocycles. The van der Waals surface area contributed by atoms with E-state index in [1.165, 1.54) is 0 Å². The summed E-state index contributed by atoms with van der Waals surface area (Å²) < 4.78 is 10.7. The fourth-order valence-corrected chi connectivity index (χ4v) is 1.12. The number of ether oxygens (including phenoxy) is 2. The van der Waals surface area contributed by atoms with Crippen LogP contribution in [0, 0.1) is 0 Å². The molecule has 0 unspecified atom stereocenters. The van der Waals surface area contributed by atoms with Crippen molar-refractivity contribution in [3.8, 4) is 5.75 Å². The summed E-state index contributed by atoms with van der Waals surface area (Å²) in [6.07, 6.45) is 0.484. The molecule has 0 N–H and O–H groups in total. The molecule has 1 heterocycles. The molecule has 2 rings (SSSR count). The molecule has 1 aromatic rings. The number of para-hydroxylation sites is 1. The number of hydrogen-bond donors (Lipinski definition) is 0. The van der Waals surface area contributed by atoms with Crippen LogP contribution in [0.2, 0.25) is 0 Å². The monoisotopic (exact) mass is 164 g/mol. The van der Waals surface area contributed by atoms with E-state index >= 15 is 0 Å². The summed E-state index contributed by atoms with van der Waals surface area (Å²) in [7, 11) is 0. The van der Waals surface area contributed by atoms with Crippen molar-refractivity contribution in [2.75, 3.05) is 6.61 Å². The van der Waals surface area contributed by atoms with E-state index in [1.807, 2.05) is 37.3 Å². The summed E-state index contributed by atoms with van der Waals surface area (Å²) >= 11 is 0. The van der Waals surface area contributed by atoms with Crippen molar-refractivity contribution in [2.45, 2.75) is 19.1 Å². The smallest absolute Gasteiger partial charge is 0.124 e. The van der Waals surface area contributed by atoms with Gasteiger partial charge in [-0.2, -0.15) is 0 Å². The first-order valence-corrected chi connectivity index (χ1v) is 4.19. The van der Waals surface area contributed by atoms with Crippen molar-refractivity contribution in [3.05, 3.63) is 30.3 Å². The Morgan fingerprint density at radius 2 is 2.08 bits per heavy atom. The Labute approximate surface area is 72.1 Å². The van der Waals surface area contributed by atoms with Crippen molar-refractivity contribution < 1.29 is 9.47 Å². The molecule has 0 spiro atoms. The maximum atomic E-state index is 5.61. The van der Waals surface area contributed by atoms with E-state index in [4.69, 9.17) is 9.47 Å². The molecular formula is C10H12O2. The molecule has 12 heavy (non-hydrogen) atoms. The standard InChI is InChI=1S/C10H12O2/c1-8(10-7-11-10)12-9-5-3-2-4-6-9/h2-6,8,10H,7H2,1H3/t8-,10-/m1/s1. The van der Waals surface area contributed by atoms with E-state index in [0.717, 1.165) is 12.4 Å². The minimum atomic E-state index is 0.174. The van der Waals surface area contributed by atoms with Gasteiger partial charge >= 0.3 is 0 Å². The van der Waals surface area contributed by atoms with Gasteiger partial charge in [-0.15, -0.1) is 0 Å². The van der Waals surface area contributed by atoms with Gasteiger partial charge < -0.3 is 9.47 Å². The molecule has 2 nitrogen and oxygen atoms in total. The van der Waals surface area contributed by atoms with Crippen LogP contribution in [0.4, 0.5) is 0 Å². The van der Waals surface area contributed by atoms with Crippen LogP contribution in [0.1, 0.15) is 6.92 Å². The highest BCUT2D eigenvalue weighted by Gasteiger charge is 2.30. The first kappa shape index (κ1) is 7.62. The molecule has 2 heteroatoms. The van der Waals surface area contributed by atoms with Gasteiger partial charge in [0.15, 0.2) is 0 Å². The van der Waals surface area contributed by atoms with Crippen LogP contribution >= 0.6 is 0 Å². The van der Waals surface area contributed by atoms with Gasteiger partial charge in [-0.25, -0.2) is 0 Å². The van der Waals surface area contributed by atoms with E-state index in [1.54, 1.807) is 0 Å². The number of benzene rings is 1. The molecule has 1 aliphatic rings. The van der Waals surface area contributed by atoms with E-state index in [-0.39, 0.29) is 6.10 Å². The van der Waals surface area contributed by atoms with Crippen LogP contribution in [0.25, 0.3) is 0 Å². The SMILES string of the molecule is C[C@@H](Oc1ccccc1)[C@H]1CO1. The van der Waals surface area contributed by atoms with E-state index in [0.29, 0.717) is 6.10 Å². The predicted octanol–water partition coefficient (Wildman–Crippen LogP) is 1.85. The zero-order valence-electron chi connectivity index (χ0n) is 7.07. The number of hydrogen-bond acceptors (Lipinski definition) is 2. The molecule has 1 aliphatic heterocycles. The van der Waals surface area contributed by atoms with Crippen LogP contribution in [0.5, 0.6) is 5.75 Å².